The zero-order chi connectivity index (χ0) is 16.0. The van der Waals surface area contributed by atoms with E-state index in [4.69, 9.17) is 4.74 Å². The Balaban J connectivity index is 2.28. The topological polar surface area (TPSA) is 62.7 Å². The smallest absolute Gasteiger partial charge is 0.191 e. The van der Waals surface area contributed by atoms with E-state index in [0.717, 1.165) is 31.0 Å². The summed E-state index contributed by atoms with van der Waals surface area (Å²) < 4.78 is 17.0. The first kappa shape index (κ1) is 18.6. The highest BCUT2D eigenvalue weighted by Crippen LogP contribution is 2.02. The minimum absolute atomic E-state index is 0.601. The van der Waals surface area contributed by atoms with Crippen LogP contribution in [-0.2, 0) is 21.3 Å². The van der Waals surface area contributed by atoms with Crippen molar-refractivity contribution in [3.63, 3.8) is 0 Å². The highest BCUT2D eigenvalue weighted by molar-refractivity contribution is 7.84. The van der Waals surface area contributed by atoms with Crippen LogP contribution in [0.1, 0.15) is 18.9 Å². The fourth-order valence-electron chi connectivity index (χ4n) is 1.86. The number of hydrogen-bond acceptors (Lipinski definition) is 3. The quantitative estimate of drug-likeness (QED) is 0.389. The van der Waals surface area contributed by atoms with Gasteiger partial charge in [0.1, 0.15) is 0 Å². The van der Waals surface area contributed by atoms with Crippen LogP contribution in [0.25, 0.3) is 0 Å². The van der Waals surface area contributed by atoms with Crippen LogP contribution >= 0.6 is 0 Å². The second-order valence-corrected chi connectivity index (χ2v) is 6.38. The molecule has 0 aromatic heterocycles. The van der Waals surface area contributed by atoms with Crippen molar-refractivity contribution in [3.8, 4) is 0 Å². The summed E-state index contributed by atoms with van der Waals surface area (Å²) in [5.74, 6) is 1.98. The second kappa shape index (κ2) is 12.2. The van der Waals surface area contributed by atoms with Gasteiger partial charge in [0, 0.05) is 55.7 Å². The minimum atomic E-state index is -0.865. The van der Waals surface area contributed by atoms with Crippen LogP contribution in [0, 0.1) is 0 Å². The molecule has 1 aromatic rings. The Kier molecular flexibility index (Phi) is 10.3. The van der Waals surface area contributed by atoms with E-state index in [0.29, 0.717) is 24.7 Å². The number of guanidine groups is 1. The predicted molar refractivity (Wildman–Crippen MR) is 93.6 cm³/mol. The Morgan fingerprint density at radius 3 is 2.73 bits per heavy atom. The molecule has 0 saturated carbocycles. The Morgan fingerprint density at radius 2 is 2.05 bits per heavy atom. The molecule has 0 aliphatic carbocycles. The molecule has 0 radical (unpaired) electrons. The van der Waals surface area contributed by atoms with Crippen LogP contribution in [-0.4, -0.2) is 49.3 Å². The van der Waals surface area contributed by atoms with Gasteiger partial charge in [0.25, 0.3) is 0 Å². The molecule has 22 heavy (non-hydrogen) atoms. The molecule has 0 heterocycles. The molecule has 6 heteroatoms. The van der Waals surface area contributed by atoms with Crippen molar-refractivity contribution < 1.29 is 8.95 Å². The molecule has 0 bridgehead atoms. The summed E-state index contributed by atoms with van der Waals surface area (Å²) in [5.41, 5.74) is 1.11. The third-order valence-electron chi connectivity index (χ3n) is 2.91. The molecule has 1 aromatic carbocycles. The lowest BCUT2D eigenvalue weighted by molar-refractivity contribution is 0.197. The van der Waals surface area contributed by atoms with Crippen LogP contribution in [0.15, 0.2) is 35.3 Å². The van der Waals surface area contributed by atoms with Crippen LogP contribution in [0.5, 0.6) is 0 Å². The molecule has 1 unspecified atom stereocenters. The van der Waals surface area contributed by atoms with Gasteiger partial charge in [-0.3, -0.25) is 9.20 Å². The van der Waals surface area contributed by atoms with Gasteiger partial charge < -0.3 is 15.4 Å². The average molecular weight is 325 g/mol. The van der Waals surface area contributed by atoms with Gasteiger partial charge in [-0.05, 0) is 18.9 Å². The van der Waals surface area contributed by atoms with Crippen molar-refractivity contribution in [1.29, 1.82) is 0 Å². The molecule has 5 nitrogen and oxygen atoms in total. The number of benzene rings is 1. The highest BCUT2D eigenvalue weighted by atomic mass is 32.2. The zero-order valence-corrected chi connectivity index (χ0v) is 14.3. The molecule has 0 aliphatic rings. The average Bonchev–Trinajstić information content (AvgIpc) is 2.52. The van der Waals surface area contributed by atoms with Crippen LogP contribution in [0.2, 0.25) is 0 Å². The summed E-state index contributed by atoms with van der Waals surface area (Å²) in [6, 6.07) is 9.93. The lowest BCUT2D eigenvalue weighted by atomic mass is 10.2. The number of nitrogens with zero attached hydrogens (tertiary/aromatic N) is 1. The zero-order valence-electron chi connectivity index (χ0n) is 13.5. The van der Waals surface area contributed by atoms with Crippen molar-refractivity contribution in [2.75, 3.05) is 39.1 Å². The van der Waals surface area contributed by atoms with E-state index in [9.17, 15) is 4.21 Å². The predicted octanol–water partition coefficient (Wildman–Crippen LogP) is 1.53. The number of ether oxygens (including phenoxy) is 1. The number of aliphatic imine (C=N–C) groups is 1. The van der Waals surface area contributed by atoms with Crippen molar-refractivity contribution in [3.05, 3.63) is 35.9 Å². The SMILES string of the molecule is CCNC(=NCCCOC)NCCS(=O)Cc1ccccc1. The molecule has 0 aliphatic heterocycles. The normalized spacial score (nSPS) is 12.9. The minimum Gasteiger partial charge on any atom is -0.385 e. The van der Waals surface area contributed by atoms with Gasteiger partial charge in [-0.15, -0.1) is 0 Å². The van der Waals surface area contributed by atoms with E-state index < -0.39 is 10.8 Å². The van der Waals surface area contributed by atoms with E-state index in [2.05, 4.69) is 15.6 Å². The Bertz CT molecular complexity index is 452. The molecule has 0 amide bonds. The first-order chi connectivity index (χ1) is 10.8. The van der Waals surface area contributed by atoms with Crippen LogP contribution in [0.3, 0.4) is 0 Å². The largest absolute Gasteiger partial charge is 0.385 e. The fourth-order valence-corrected chi connectivity index (χ4v) is 2.90. The molecule has 1 rings (SSSR count). The third kappa shape index (κ3) is 8.79. The van der Waals surface area contributed by atoms with Gasteiger partial charge in [-0.25, -0.2) is 0 Å². The molecule has 0 fully saturated rings. The molecule has 1 atom stereocenters. The van der Waals surface area contributed by atoms with E-state index >= 15 is 0 Å². The highest BCUT2D eigenvalue weighted by Gasteiger charge is 2.02. The van der Waals surface area contributed by atoms with Gasteiger partial charge in [0.05, 0.1) is 0 Å². The van der Waals surface area contributed by atoms with Crippen LogP contribution < -0.4 is 10.6 Å². The molecule has 2 N–H and O–H groups in total. The number of nitrogens with one attached hydrogen (secondary N) is 2. The van der Waals surface area contributed by atoms with Gasteiger partial charge >= 0.3 is 0 Å². The molecule has 0 spiro atoms. The first-order valence-corrected chi connectivity index (χ1v) is 9.15. The maximum absolute atomic E-state index is 12.0. The maximum atomic E-state index is 12.0. The molecule has 0 saturated heterocycles. The summed E-state index contributed by atoms with van der Waals surface area (Å²) in [6.07, 6.45) is 0.896. The summed E-state index contributed by atoms with van der Waals surface area (Å²) in [6.45, 7) is 4.92. The maximum Gasteiger partial charge on any atom is 0.191 e. The van der Waals surface area contributed by atoms with Gasteiger partial charge in [0.15, 0.2) is 5.96 Å². The summed E-state index contributed by atoms with van der Waals surface area (Å²) in [7, 11) is 0.824. The summed E-state index contributed by atoms with van der Waals surface area (Å²) in [5, 5.41) is 6.40. The van der Waals surface area contributed by atoms with Gasteiger partial charge in [-0.1, -0.05) is 30.3 Å². The van der Waals surface area contributed by atoms with Crippen molar-refractivity contribution >= 4 is 16.8 Å². The van der Waals surface area contributed by atoms with E-state index in [1.54, 1.807) is 7.11 Å². The van der Waals surface area contributed by atoms with Crippen LogP contribution in [0.4, 0.5) is 0 Å². The van der Waals surface area contributed by atoms with Gasteiger partial charge in [0.2, 0.25) is 0 Å². The Labute approximate surface area is 136 Å². The van der Waals surface area contributed by atoms with Gasteiger partial charge in [-0.2, -0.15) is 0 Å². The third-order valence-corrected chi connectivity index (χ3v) is 4.23. The van der Waals surface area contributed by atoms with Crippen molar-refractivity contribution in [2.24, 2.45) is 4.99 Å². The second-order valence-electron chi connectivity index (χ2n) is 4.81. The Morgan fingerprint density at radius 1 is 1.27 bits per heavy atom. The molecular weight excluding hydrogens is 298 g/mol. The lowest BCUT2D eigenvalue weighted by Crippen LogP contribution is -2.39. The number of methoxy groups -OCH3 is 1. The fraction of sp³-hybridized carbons (Fsp3) is 0.562. The lowest BCUT2D eigenvalue weighted by Gasteiger charge is -2.11. The monoisotopic (exact) mass is 325 g/mol. The van der Waals surface area contributed by atoms with Crippen molar-refractivity contribution in [2.45, 2.75) is 19.1 Å². The van der Waals surface area contributed by atoms with Crippen molar-refractivity contribution in [1.82, 2.24) is 10.6 Å². The van der Waals surface area contributed by atoms with E-state index in [1.807, 2.05) is 37.3 Å². The molecule has 124 valence electrons. The Hall–Kier alpha value is -1.40. The number of rotatable bonds is 10. The van der Waals surface area contributed by atoms with E-state index in [1.165, 1.54) is 0 Å². The summed E-state index contributed by atoms with van der Waals surface area (Å²) >= 11 is 0. The first-order valence-electron chi connectivity index (χ1n) is 7.66. The van der Waals surface area contributed by atoms with E-state index in [-0.39, 0.29) is 0 Å². The summed E-state index contributed by atoms with van der Waals surface area (Å²) in [4.78, 5) is 4.45. The standard InChI is InChI=1S/C16H27N3O2S/c1-3-17-16(18-10-7-12-21-2)19-11-13-22(20)14-15-8-5-4-6-9-15/h4-6,8-9H,3,7,10-14H2,1-2H3,(H2,17,18,19). The molecular formula is C16H27N3O2S. The number of hydrogen-bond donors (Lipinski definition) is 2.